The van der Waals surface area contributed by atoms with Crippen molar-refractivity contribution in [3.05, 3.63) is 70.7 Å². The summed E-state index contributed by atoms with van der Waals surface area (Å²) < 4.78 is 13.1. The average molecular weight is 482 g/mol. The van der Waals surface area contributed by atoms with Crippen LogP contribution in [0.3, 0.4) is 0 Å². The highest BCUT2D eigenvalue weighted by Crippen LogP contribution is 2.22. The second kappa shape index (κ2) is 9.13. The summed E-state index contributed by atoms with van der Waals surface area (Å²) in [5, 5.41) is 11.4. The summed E-state index contributed by atoms with van der Waals surface area (Å²) in [6.07, 6.45) is 0.534. The lowest BCUT2D eigenvalue weighted by Gasteiger charge is -2.09. The van der Waals surface area contributed by atoms with E-state index in [4.69, 9.17) is 9.26 Å². The molecule has 0 saturated heterocycles. The van der Waals surface area contributed by atoms with Gasteiger partial charge in [-0.3, -0.25) is 4.79 Å². The van der Waals surface area contributed by atoms with Crippen LogP contribution in [0.4, 0.5) is 5.82 Å². The number of nitrogens with one attached hydrogen (secondary N) is 1. The highest BCUT2D eigenvalue weighted by atomic mass is 79.9. The Hall–Kier alpha value is -3.46. The predicted octanol–water partition coefficient (Wildman–Crippen LogP) is 4.57. The SMILES string of the molecule is COc1ccc(-c2noc(CCC(=O)Nc3cc(C)nn3-c3cccc(Br)c3)n2)cc1. The molecule has 9 heteroatoms. The van der Waals surface area contributed by atoms with Crippen LogP contribution >= 0.6 is 15.9 Å². The first-order chi connectivity index (χ1) is 15.0. The molecule has 0 saturated carbocycles. The number of rotatable bonds is 7. The Labute approximate surface area is 187 Å². The van der Waals surface area contributed by atoms with Crippen molar-refractivity contribution in [2.24, 2.45) is 0 Å². The van der Waals surface area contributed by atoms with Gasteiger partial charge in [-0.15, -0.1) is 0 Å². The summed E-state index contributed by atoms with van der Waals surface area (Å²) in [6, 6.07) is 16.9. The molecule has 4 rings (SSSR count). The Morgan fingerprint density at radius 3 is 2.74 bits per heavy atom. The molecule has 0 bridgehead atoms. The maximum Gasteiger partial charge on any atom is 0.227 e. The molecule has 0 spiro atoms. The van der Waals surface area contributed by atoms with Gasteiger partial charge in [-0.2, -0.15) is 10.1 Å². The maximum absolute atomic E-state index is 12.5. The molecular weight excluding hydrogens is 462 g/mol. The zero-order valence-corrected chi connectivity index (χ0v) is 18.6. The minimum absolute atomic E-state index is 0.166. The van der Waals surface area contributed by atoms with E-state index in [0.717, 1.165) is 27.2 Å². The van der Waals surface area contributed by atoms with Gasteiger partial charge < -0.3 is 14.6 Å². The van der Waals surface area contributed by atoms with Crippen LogP contribution in [0.2, 0.25) is 0 Å². The van der Waals surface area contributed by atoms with Crippen LogP contribution in [0.1, 0.15) is 18.0 Å². The fraction of sp³-hybridized carbons (Fsp3) is 0.182. The molecule has 0 atom stereocenters. The molecule has 0 unspecified atom stereocenters. The number of aryl methyl sites for hydroxylation is 2. The minimum Gasteiger partial charge on any atom is -0.497 e. The van der Waals surface area contributed by atoms with E-state index in [1.807, 2.05) is 61.5 Å². The lowest BCUT2D eigenvalue weighted by Crippen LogP contribution is -2.15. The van der Waals surface area contributed by atoms with E-state index in [1.54, 1.807) is 11.8 Å². The van der Waals surface area contributed by atoms with Gasteiger partial charge in [-0.25, -0.2) is 4.68 Å². The summed E-state index contributed by atoms with van der Waals surface area (Å²) in [7, 11) is 1.61. The number of carbonyl (C=O) groups excluding carboxylic acids is 1. The number of amides is 1. The van der Waals surface area contributed by atoms with Gasteiger partial charge in [-0.05, 0) is 49.4 Å². The number of hydrogen-bond acceptors (Lipinski definition) is 6. The van der Waals surface area contributed by atoms with E-state index in [0.29, 0.717) is 24.0 Å². The fourth-order valence-electron chi connectivity index (χ4n) is 3.03. The third-order valence-corrected chi connectivity index (χ3v) is 5.03. The standard InChI is InChI=1S/C22H20BrN5O3/c1-14-12-19(28(26-14)17-5-3-4-16(23)13-17)24-20(29)10-11-21-25-22(27-31-21)15-6-8-18(30-2)9-7-15/h3-9,12-13H,10-11H2,1-2H3,(H,24,29). The fourth-order valence-corrected chi connectivity index (χ4v) is 3.42. The lowest BCUT2D eigenvalue weighted by molar-refractivity contribution is -0.116. The number of halogens is 1. The quantitative estimate of drug-likeness (QED) is 0.415. The summed E-state index contributed by atoms with van der Waals surface area (Å²) >= 11 is 3.46. The van der Waals surface area contributed by atoms with E-state index >= 15 is 0 Å². The van der Waals surface area contributed by atoms with Gasteiger partial charge in [0, 0.05) is 28.9 Å². The van der Waals surface area contributed by atoms with Crippen LogP contribution in [0.15, 0.2) is 63.6 Å². The highest BCUT2D eigenvalue weighted by molar-refractivity contribution is 9.10. The largest absolute Gasteiger partial charge is 0.497 e. The van der Waals surface area contributed by atoms with Gasteiger partial charge in [0.05, 0.1) is 18.5 Å². The molecule has 0 radical (unpaired) electrons. The molecule has 0 aliphatic rings. The molecule has 0 aliphatic carbocycles. The number of benzene rings is 2. The Balaban J connectivity index is 1.40. The van der Waals surface area contributed by atoms with Gasteiger partial charge in [0.25, 0.3) is 0 Å². The van der Waals surface area contributed by atoms with Crippen molar-refractivity contribution in [1.82, 2.24) is 19.9 Å². The first-order valence-corrected chi connectivity index (χ1v) is 10.4. The second-order valence-electron chi connectivity index (χ2n) is 6.85. The van der Waals surface area contributed by atoms with Crippen molar-refractivity contribution in [2.75, 3.05) is 12.4 Å². The minimum atomic E-state index is -0.166. The van der Waals surface area contributed by atoms with Crippen LogP contribution in [-0.2, 0) is 11.2 Å². The zero-order chi connectivity index (χ0) is 21.8. The maximum atomic E-state index is 12.5. The highest BCUT2D eigenvalue weighted by Gasteiger charge is 2.14. The molecule has 2 heterocycles. The smallest absolute Gasteiger partial charge is 0.227 e. The lowest BCUT2D eigenvalue weighted by atomic mass is 10.2. The van der Waals surface area contributed by atoms with E-state index in [9.17, 15) is 4.79 Å². The molecule has 31 heavy (non-hydrogen) atoms. The van der Waals surface area contributed by atoms with E-state index < -0.39 is 0 Å². The van der Waals surface area contributed by atoms with Crippen molar-refractivity contribution in [1.29, 1.82) is 0 Å². The van der Waals surface area contributed by atoms with Crippen molar-refractivity contribution in [3.8, 4) is 22.8 Å². The molecule has 0 aliphatic heterocycles. The van der Waals surface area contributed by atoms with Gasteiger partial charge in [0.1, 0.15) is 11.6 Å². The second-order valence-corrected chi connectivity index (χ2v) is 7.77. The van der Waals surface area contributed by atoms with Crippen molar-refractivity contribution < 1.29 is 14.1 Å². The first-order valence-electron chi connectivity index (χ1n) is 9.61. The summed E-state index contributed by atoms with van der Waals surface area (Å²) in [4.78, 5) is 16.9. The van der Waals surface area contributed by atoms with Crippen LogP contribution in [0.25, 0.3) is 17.1 Å². The zero-order valence-electron chi connectivity index (χ0n) is 17.0. The van der Waals surface area contributed by atoms with Gasteiger partial charge in [0.2, 0.25) is 17.6 Å². The average Bonchev–Trinajstić information content (AvgIpc) is 3.39. The topological polar surface area (TPSA) is 95.1 Å². The molecule has 1 N–H and O–H groups in total. The number of hydrogen-bond donors (Lipinski definition) is 1. The molecule has 4 aromatic rings. The van der Waals surface area contributed by atoms with Crippen LogP contribution in [0, 0.1) is 6.92 Å². The third-order valence-electron chi connectivity index (χ3n) is 4.53. The van der Waals surface area contributed by atoms with Gasteiger partial charge in [0.15, 0.2) is 0 Å². The number of nitrogens with zero attached hydrogens (tertiary/aromatic N) is 4. The molecule has 8 nitrogen and oxygen atoms in total. The van der Waals surface area contributed by atoms with E-state index in [-0.39, 0.29) is 12.3 Å². The molecule has 2 aromatic heterocycles. The summed E-state index contributed by atoms with van der Waals surface area (Å²) in [5.41, 5.74) is 2.46. The Morgan fingerprint density at radius 2 is 2.00 bits per heavy atom. The Morgan fingerprint density at radius 1 is 1.19 bits per heavy atom. The first kappa shape index (κ1) is 20.8. The van der Waals surface area contributed by atoms with Gasteiger partial charge in [-0.1, -0.05) is 27.2 Å². The number of aromatic nitrogens is 4. The molecule has 1 amide bonds. The summed E-state index contributed by atoms with van der Waals surface area (Å²) in [6.45, 7) is 1.88. The van der Waals surface area contributed by atoms with Crippen molar-refractivity contribution >= 4 is 27.7 Å². The molecule has 158 valence electrons. The Kier molecular flexibility index (Phi) is 6.13. The van der Waals surface area contributed by atoms with Crippen LogP contribution < -0.4 is 10.1 Å². The van der Waals surface area contributed by atoms with E-state index in [2.05, 4.69) is 36.5 Å². The number of methoxy groups -OCH3 is 1. The van der Waals surface area contributed by atoms with E-state index in [1.165, 1.54) is 0 Å². The van der Waals surface area contributed by atoms with Crippen molar-refractivity contribution in [2.45, 2.75) is 19.8 Å². The molecular formula is C22H20BrN5O3. The van der Waals surface area contributed by atoms with Crippen LogP contribution in [0.5, 0.6) is 5.75 Å². The van der Waals surface area contributed by atoms with Crippen molar-refractivity contribution in [3.63, 3.8) is 0 Å². The number of anilines is 1. The summed E-state index contributed by atoms with van der Waals surface area (Å²) in [5.74, 6) is 2.06. The number of ether oxygens (including phenoxy) is 1. The van der Waals surface area contributed by atoms with Crippen LogP contribution in [-0.4, -0.2) is 32.9 Å². The normalized spacial score (nSPS) is 10.8. The molecule has 0 fully saturated rings. The predicted molar refractivity (Wildman–Crippen MR) is 119 cm³/mol. The number of carbonyl (C=O) groups is 1. The Bertz CT molecular complexity index is 1200. The van der Waals surface area contributed by atoms with Gasteiger partial charge >= 0.3 is 0 Å². The molecule has 2 aromatic carbocycles. The monoisotopic (exact) mass is 481 g/mol. The third kappa shape index (κ3) is 5.00.